The van der Waals surface area contributed by atoms with Crippen molar-refractivity contribution in [2.75, 3.05) is 27.2 Å². The summed E-state index contributed by atoms with van der Waals surface area (Å²) in [5, 5.41) is 6.38. The van der Waals surface area contributed by atoms with Crippen molar-refractivity contribution >= 4 is 43.1 Å². The Kier molecular flexibility index (Phi) is 6.90. The summed E-state index contributed by atoms with van der Waals surface area (Å²) in [7, 11) is -0.317. The van der Waals surface area contributed by atoms with Gasteiger partial charge in [0.05, 0.1) is 11.4 Å². The van der Waals surface area contributed by atoms with Crippen molar-refractivity contribution in [3.63, 3.8) is 0 Å². The van der Waals surface area contributed by atoms with E-state index in [9.17, 15) is 12.8 Å². The van der Waals surface area contributed by atoms with Gasteiger partial charge in [0.2, 0.25) is 9.84 Å². The van der Waals surface area contributed by atoms with Crippen molar-refractivity contribution in [1.29, 1.82) is 0 Å². The lowest BCUT2D eigenvalue weighted by Crippen LogP contribution is -2.19. The van der Waals surface area contributed by atoms with Gasteiger partial charge in [-0.25, -0.2) is 12.8 Å². The fourth-order valence-electron chi connectivity index (χ4n) is 4.32. The smallest absolute Gasteiger partial charge is 0.226 e. The number of likely N-dealkylation sites (N-methyl/N-ethyl adjacent to an activating group) is 1. The summed E-state index contributed by atoms with van der Waals surface area (Å²) in [6, 6.07) is 22.0. The highest BCUT2D eigenvalue weighted by Crippen LogP contribution is 2.36. The number of halogens is 2. The van der Waals surface area contributed by atoms with Gasteiger partial charge in [-0.05, 0) is 49.3 Å². The minimum absolute atomic E-state index is 0.110. The Morgan fingerprint density at radius 2 is 1.73 bits per heavy atom. The molecule has 1 heterocycles. The molecular formula is C28H25ClFN3O3S. The van der Waals surface area contributed by atoms with Gasteiger partial charge in [-0.2, -0.15) is 5.10 Å². The van der Waals surface area contributed by atoms with Crippen LogP contribution in [0.4, 0.5) is 4.39 Å². The minimum atomic E-state index is -4.13. The first-order chi connectivity index (χ1) is 17.7. The third kappa shape index (κ3) is 5.05. The van der Waals surface area contributed by atoms with Gasteiger partial charge >= 0.3 is 0 Å². The van der Waals surface area contributed by atoms with E-state index >= 15 is 0 Å². The molecule has 0 amide bonds. The fourth-order valence-corrected chi connectivity index (χ4v) is 6.13. The summed E-state index contributed by atoms with van der Waals surface area (Å²) in [5.74, 6) is -0.380. The highest BCUT2D eigenvalue weighted by molar-refractivity contribution is 7.91. The second-order valence-electron chi connectivity index (χ2n) is 9.03. The molecule has 0 unspecified atom stereocenters. The summed E-state index contributed by atoms with van der Waals surface area (Å²) >= 11 is 6.19. The van der Waals surface area contributed by atoms with Crippen molar-refractivity contribution in [3.8, 4) is 5.75 Å². The van der Waals surface area contributed by atoms with Gasteiger partial charge in [0.1, 0.15) is 23.7 Å². The van der Waals surface area contributed by atoms with E-state index in [-0.39, 0.29) is 27.6 Å². The average Bonchev–Trinajstić information content (AvgIpc) is 3.22. The molecule has 0 aliphatic rings. The van der Waals surface area contributed by atoms with Crippen LogP contribution in [-0.4, -0.2) is 50.3 Å². The number of fused-ring (bicyclic) bond motifs is 2. The Balaban J connectivity index is 1.73. The molecule has 0 saturated heterocycles. The lowest BCUT2D eigenvalue weighted by molar-refractivity contribution is 0.262. The monoisotopic (exact) mass is 537 g/mol. The van der Waals surface area contributed by atoms with E-state index in [1.54, 1.807) is 41.1 Å². The minimum Gasteiger partial charge on any atom is -0.490 e. The topological polar surface area (TPSA) is 64.4 Å². The van der Waals surface area contributed by atoms with Gasteiger partial charge in [-0.1, -0.05) is 60.1 Å². The molecule has 0 radical (unpaired) electrons. The number of aromatic nitrogens is 2. The molecule has 4 aromatic carbocycles. The molecule has 0 spiro atoms. The van der Waals surface area contributed by atoms with Crippen LogP contribution in [0.5, 0.6) is 5.75 Å². The molecule has 0 bridgehead atoms. The van der Waals surface area contributed by atoms with Crippen molar-refractivity contribution in [2.45, 2.75) is 16.5 Å². The predicted octanol–water partition coefficient (Wildman–Crippen LogP) is 5.80. The largest absolute Gasteiger partial charge is 0.490 e. The molecule has 9 heteroatoms. The van der Waals surface area contributed by atoms with Crippen LogP contribution in [0.3, 0.4) is 0 Å². The Morgan fingerprint density at radius 3 is 2.51 bits per heavy atom. The molecule has 0 aliphatic heterocycles. The zero-order valence-electron chi connectivity index (χ0n) is 20.4. The quantitative estimate of drug-likeness (QED) is 0.250. The normalized spacial score (nSPS) is 12.0. The van der Waals surface area contributed by atoms with Crippen LogP contribution in [0.15, 0.2) is 88.8 Å². The van der Waals surface area contributed by atoms with Crippen LogP contribution < -0.4 is 4.74 Å². The van der Waals surface area contributed by atoms with E-state index in [1.807, 2.05) is 49.3 Å². The second-order valence-corrected chi connectivity index (χ2v) is 11.3. The summed E-state index contributed by atoms with van der Waals surface area (Å²) in [6.07, 6.45) is 0. The fraction of sp³-hybridized carbons (Fsp3) is 0.179. The van der Waals surface area contributed by atoms with Crippen molar-refractivity contribution in [3.05, 3.63) is 95.3 Å². The second kappa shape index (κ2) is 10.1. The highest BCUT2D eigenvalue weighted by atomic mass is 35.5. The number of ether oxygens (including phenoxy) is 1. The van der Waals surface area contributed by atoms with Crippen molar-refractivity contribution < 1.29 is 17.5 Å². The third-order valence-corrected chi connectivity index (χ3v) is 8.03. The first kappa shape index (κ1) is 25.2. The maximum Gasteiger partial charge on any atom is 0.226 e. The molecule has 0 N–H and O–H groups in total. The molecule has 0 aliphatic carbocycles. The SMILES string of the molecule is CN(C)CCOc1cc(F)cc2c(S(=O)(=O)c3cccc4ccccc34)nn(Cc3cccc(Cl)c3)c12. The molecule has 37 heavy (non-hydrogen) atoms. The van der Waals surface area contributed by atoms with Crippen LogP contribution >= 0.6 is 11.6 Å². The Bertz CT molecular complexity index is 1710. The maximum absolute atomic E-state index is 14.9. The van der Waals surface area contributed by atoms with E-state index in [4.69, 9.17) is 16.3 Å². The molecule has 1 aromatic heterocycles. The Hall–Kier alpha value is -3.46. The zero-order chi connectivity index (χ0) is 26.2. The third-order valence-electron chi connectivity index (χ3n) is 6.05. The Morgan fingerprint density at radius 1 is 0.973 bits per heavy atom. The Labute approximate surface area is 219 Å². The molecule has 0 fully saturated rings. The standard InChI is InChI=1S/C28H25ClFN3O3S/c1-32(2)13-14-36-25-17-22(30)16-24-27(25)33(18-19-7-5-10-21(29)15-19)31-28(24)37(34,35)26-12-6-9-20-8-3-4-11-23(20)26/h3-12,15-17H,13-14,18H2,1-2H3. The van der Waals surface area contributed by atoms with Crippen LogP contribution in [0, 0.1) is 5.82 Å². The van der Waals surface area contributed by atoms with Crippen molar-refractivity contribution in [1.82, 2.24) is 14.7 Å². The van der Waals surface area contributed by atoms with Crippen LogP contribution in [0.2, 0.25) is 5.02 Å². The van der Waals surface area contributed by atoms with Gasteiger partial charge in [-0.15, -0.1) is 0 Å². The lowest BCUT2D eigenvalue weighted by atomic mass is 10.1. The maximum atomic E-state index is 14.9. The molecule has 190 valence electrons. The van der Waals surface area contributed by atoms with Gasteiger partial charge < -0.3 is 9.64 Å². The molecule has 0 saturated carbocycles. The first-order valence-electron chi connectivity index (χ1n) is 11.7. The van der Waals surface area contributed by atoms with Gasteiger partial charge in [0.15, 0.2) is 5.03 Å². The summed E-state index contributed by atoms with van der Waals surface area (Å²) < 4.78 is 50.4. The summed E-state index contributed by atoms with van der Waals surface area (Å²) in [4.78, 5) is 2.05. The predicted molar refractivity (Wildman–Crippen MR) is 144 cm³/mol. The highest BCUT2D eigenvalue weighted by Gasteiger charge is 2.29. The van der Waals surface area contributed by atoms with Gasteiger partial charge in [-0.3, -0.25) is 4.68 Å². The molecule has 5 rings (SSSR count). The molecule has 6 nitrogen and oxygen atoms in total. The van der Waals surface area contributed by atoms with Crippen LogP contribution in [-0.2, 0) is 16.4 Å². The number of benzene rings is 4. The van der Waals surface area contributed by atoms with Crippen LogP contribution in [0.25, 0.3) is 21.7 Å². The van der Waals surface area contributed by atoms with E-state index in [0.29, 0.717) is 29.1 Å². The lowest BCUT2D eigenvalue weighted by Gasteiger charge is -2.13. The van der Waals surface area contributed by atoms with E-state index in [2.05, 4.69) is 5.10 Å². The number of sulfone groups is 1. The van der Waals surface area contributed by atoms with Crippen LogP contribution in [0.1, 0.15) is 5.56 Å². The van der Waals surface area contributed by atoms with E-state index in [0.717, 1.165) is 10.9 Å². The van der Waals surface area contributed by atoms with E-state index in [1.165, 1.54) is 12.1 Å². The number of rotatable bonds is 8. The zero-order valence-corrected chi connectivity index (χ0v) is 21.9. The summed E-state index contributed by atoms with van der Waals surface area (Å²) in [5.41, 5.74) is 1.22. The van der Waals surface area contributed by atoms with Gasteiger partial charge in [0, 0.05) is 28.4 Å². The molecule has 5 aromatic rings. The summed E-state index contributed by atoms with van der Waals surface area (Å²) in [6.45, 7) is 1.11. The molecular weight excluding hydrogens is 513 g/mol. The van der Waals surface area contributed by atoms with Crippen molar-refractivity contribution in [2.24, 2.45) is 0 Å². The number of hydrogen-bond donors (Lipinski definition) is 0. The number of hydrogen-bond acceptors (Lipinski definition) is 5. The first-order valence-corrected chi connectivity index (χ1v) is 13.5. The average molecular weight is 538 g/mol. The number of nitrogens with zero attached hydrogens (tertiary/aromatic N) is 3. The molecule has 0 atom stereocenters. The van der Waals surface area contributed by atoms with Gasteiger partial charge in [0.25, 0.3) is 0 Å². The van der Waals surface area contributed by atoms with E-state index < -0.39 is 15.7 Å².